The van der Waals surface area contributed by atoms with Crippen LogP contribution in [0.25, 0.3) is 5.69 Å². The van der Waals surface area contributed by atoms with Crippen molar-refractivity contribution in [1.82, 2.24) is 15.1 Å². The molecule has 0 bridgehead atoms. The first-order valence-electron chi connectivity index (χ1n) is 10.1. The van der Waals surface area contributed by atoms with Crippen LogP contribution in [0.3, 0.4) is 0 Å². The molecule has 152 valence electrons. The van der Waals surface area contributed by atoms with Crippen molar-refractivity contribution in [2.75, 3.05) is 0 Å². The Hall–Kier alpha value is -2.92. The first-order chi connectivity index (χ1) is 14.0. The van der Waals surface area contributed by atoms with Gasteiger partial charge in [-0.2, -0.15) is 5.10 Å². The van der Waals surface area contributed by atoms with E-state index in [1.54, 1.807) is 6.20 Å². The average Bonchev–Trinajstić information content (AvgIpc) is 3.15. The Kier molecular flexibility index (Phi) is 6.83. The molecule has 0 aliphatic heterocycles. The molecule has 3 rings (SSSR count). The molecule has 2 aromatic carbocycles. The third-order valence-corrected chi connectivity index (χ3v) is 4.86. The lowest BCUT2D eigenvalue weighted by atomic mass is 10.1. The van der Waals surface area contributed by atoms with Crippen molar-refractivity contribution in [3.05, 3.63) is 82.7 Å². The van der Waals surface area contributed by atoms with Gasteiger partial charge in [-0.3, -0.25) is 4.79 Å². The van der Waals surface area contributed by atoms with Crippen LogP contribution < -0.4 is 5.32 Å². The van der Waals surface area contributed by atoms with Crippen molar-refractivity contribution >= 4 is 5.91 Å². The van der Waals surface area contributed by atoms with Gasteiger partial charge in [0.1, 0.15) is 0 Å². The molecule has 0 unspecified atom stereocenters. The number of ether oxygens (including phenoxy) is 1. The highest BCUT2D eigenvalue weighted by Crippen LogP contribution is 2.17. The molecule has 0 atom stereocenters. The van der Waals surface area contributed by atoms with Gasteiger partial charge in [-0.1, -0.05) is 48.9 Å². The van der Waals surface area contributed by atoms with E-state index in [1.165, 1.54) is 5.56 Å². The Morgan fingerprint density at radius 3 is 2.45 bits per heavy atom. The number of aryl methyl sites for hydroxylation is 1. The first-order valence-corrected chi connectivity index (χ1v) is 10.1. The largest absolute Gasteiger partial charge is 0.374 e. The molecule has 0 saturated carbocycles. The quantitative estimate of drug-likeness (QED) is 0.611. The molecule has 0 radical (unpaired) electrons. The van der Waals surface area contributed by atoms with Crippen LogP contribution in [0.4, 0.5) is 0 Å². The molecule has 0 fully saturated rings. The van der Waals surface area contributed by atoms with Crippen LogP contribution >= 0.6 is 0 Å². The zero-order chi connectivity index (χ0) is 20.8. The highest BCUT2D eigenvalue weighted by Gasteiger charge is 2.17. The SMILES string of the molecule is CCc1c(C(=O)NCc2ccccc2COC(C)C)cnn1-c1ccc(C)cc1. The van der Waals surface area contributed by atoms with Crippen LogP contribution in [-0.4, -0.2) is 21.8 Å². The number of carbonyl (C=O) groups excluding carboxylic acids is 1. The first kappa shape index (κ1) is 20.8. The molecule has 1 N–H and O–H groups in total. The van der Waals surface area contributed by atoms with E-state index < -0.39 is 0 Å². The summed E-state index contributed by atoms with van der Waals surface area (Å²) < 4.78 is 7.58. The fraction of sp³-hybridized carbons (Fsp3) is 0.333. The summed E-state index contributed by atoms with van der Waals surface area (Å²) in [6.07, 6.45) is 2.54. The van der Waals surface area contributed by atoms with Crippen molar-refractivity contribution in [3.63, 3.8) is 0 Å². The summed E-state index contributed by atoms with van der Waals surface area (Å²) in [5.74, 6) is -0.111. The Morgan fingerprint density at radius 1 is 1.10 bits per heavy atom. The third kappa shape index (κ3) is 5.12. The zero-order valence-corrected chi connectivity index (χ0v) is 17.6. The molecule has 3 aromatic rings. The predicted molar refractivity (Wildman–Crippen MR) is 115 cm³/mol. The number of amides is 1. The molecule has 0 saturated heterocycles. The molecular formula is C24H29N3O2. The third-order valence-electron chi connectivity index (χ3n) is 4.86. The predicted octanol–water partition coefficient (Wildman–Crippen LogP) is 4.60. The average molecular weight is 392 g/mol. The van der Waals surface area contributed by atoms with Crippen LogP contribution in [0, 0.1) is 6.92 Å². The summed E-state index contributed by atoms with van der Waals surface area (Å²) >= 11 is 0. The maximum absolute atomic E-state index is 12.9. The summed E-state index contributed by atoms with van der Waals surface area (Å²) in [5, 5.41) is 7.51. The summed E-state index contributed by atoms with van der Waals surface area (Å²) in [5.41, 5.74) is 5.82. The van der Waals surface area contributed by atoms with Crippen LogP contribution in [0.15, 0.2) is 54.7 Å². The summed E-state index contributed by atoms with van der Waals surface area (Å²) in [4.78, 5) is 12.9. The smallest absolute Gasteiger partial charge is 0.255 e. The lowest BCUT2D eigenvalue weighted by molar-refractivity contribution is 0.0651. The fourth-order valence-corrected chi connectivity index (χ4v) is 3.21. The molecule has 1 aromatic heterocycles. The van der Waals surface area contributed by atoms with Crippen molar-refractivity contribution in [2.45, 2.75) is 53.4 Å². The Balaban J connectivity index is 1.74. The second kappa shape index (κ2) is 9.52. The maximum Gasteiger partial charge on any atom is 0.255 e. The van der Waals surface area contributed by atoms with Gasteiger partial charge in [0.25, 0.3) is 5.91 Å². The molecule has 0 aliphatic rings. The van der Waals surface area contributed by atoms with Crippen LogP contribution in [0.2, 0.25) is 0 Å². The number of hydrogen-bond acceptors (Lipinski definition) is 3. The van der Waals surface area contributed by atoms with E-state index in [2.05, 4.69) is 17.3 Å². The van der Waals surface area contributed by atoms with E-state index in [1.807, 2.05) is 74.0 Å². The summed E-state index contributed by atoms with van der Waals surface area (Å²) in [6.45, 7) is 9.11. The lowest BCUT2D eigenvalue weighted by Crippen LogP contribution is -2.24. The van der Waals surface area contributed by atoms with E-state index in [4.69, 9.17) is 4.74 Å². The number of carbonyl (C=O) groups is 1. The zero-order valence-electron chi connectivity index (χ0n) is 17.6. The Bertz CT molecular complexity index is 959. The van der Waals surface area contributed by atoms with E-state index in [0.29, 0.717) is 18.7 Å². The normalized spacial score (nSPS) is 11.1. The summed E-state index contributed by atoms with van der Waals surface area (Å²) in [6, 6.07) is 16.2. The number of nitrogens with one attached hydrogen (secondary N) is 1. The van der Waals surface area contributed by atoms with Gasteiger partial charge in [-0.15, -0.1) is 0 Å². The van der Waals surface area contributed by atoms with E-state index in [-0.39, 0.29) is 12.0 Å². The van der Waals surface area contributed by atoms with Gasteiger partial charge >= 0.3 is 0 Å². The van der Waals surface area contributed by atoms with Gasteiger partial charge in [-0.25, -0.2) is 4.68 Å². The van der Waals surface area contributed by atoms with E-state index in [0.717, 1.165) is 28.9 Å². The second-order valence-corrected chi connectivity index (χ2v) is 7.42. The van der Waals surface area contributed by atoms with Crippen LogP contribution in [-0.2, 0) is 24.3 Å². The minimum atomic E-state index is -0.111. The number of benzene rings is 2. The molecule has 29 heavy (non-hydrogen) atoms. The molecule has 1 heterocycles. The lowest BCUT2D eigenvalue weighted by Gasteiger charge is -2.13. The standard InChI is InChI=1S/C24H29N3O2/c1-5-23-22(15-26-27(23)21-12-10-18(4)11-13-21)24(28)25-14-19-8-6-7-9-20(19)16-29-17(2)3/h6-13,15,17H,5,14,16H2,1-4H3,(H,25,28). The van der Waals surface area contributed by atoms with Crippen molar-refractivity contribution in [3.8, 4) is 5.69 Å². The van der Waals surface area contributed by atoms with Gasteiger partial charge in [0.2, 0.25) is 0 Å². The molecule has 5 heteroatoms. The van der Waals surface area contributed by atoms with E-state index >= 15 is 0 Å². The molecule has 5 nitrogen and oxygen atoms in total. The van der Waals surface area contributed by atoms with Crippen LogP contribution in [0.1, 0.15) is 53.5 Å². The monoisotopic (exact) mass is 391 g/mol. The van der Waals surface area contributed by atoms with Crippen molar-refractivity contribution in [2.24, 2.45) is 0 Å². The number of aromatic nitrogens is 2. The highest BCUT2D eigenvalue weighted by atomic mass is 16.5. The second-order valence-electron chi connectivity index (χ2n) is 7.42. The minimum Gasteiger partial charge on any atom is -0.374 e. The van der Waals surface area contributed by atoms with E-state index in [9.17, 15) is 4.79 Å². The molecular weight excluding hydrogens is 362 g/mol. The topological polar surface area (TPSA) is 56.1 Å². The van der Waals surface area contributed by atoms with Gasteiger partial charge in [0.05, 0.1) is 35.9 Å². The maximum atomic E-state index is 12.9. The molecule has 0 aliphatic carbocycles. The van der Waals surface area contributed by atoms with Gasteiger partial charge in [0, 0.05) is 6.54 Å². The van der Waals surface area contributed by atoms with Gasteiger partial charge in [0.15, 0.2) is 0 Å². The van der Waals surface area contributed by atoms with Gasteiger partial charge in [-0.05, 0) is 50.5 Å². The van der Waals surface area contributed by atoms with Crippen molar-refractivity contribution < 1.29 is 9.53 Å². The fourth-order valence-electron chi connectivity index (χ4n) is 3.21. The Morgan fingerprint density at radius 2 is 1.79 bits per heavy atom. The number of rotatable bonds is 8. The number of nitrogens with zero attached hydrogens (tertiary/aromatic N) is 2. The summed E-state index contributed by atoms with van der Waals surface area (Å²) in [7, 11) is 0. The number of hydrogen-bond donors (Lipinski definition) is 1. The Labute approximate surface area is 172 Å². The minimum absolute atomic E-state index is 0.111. The van der Waals surface area contributed by atoms with Crippen molar-refractivity contribution in [1.29, 1.82) is 0 Å². The van der Waals surface area contributed by atoms with Gasteiger partial charge < -0.3 is 10.1 Å². The molecule has 1 amide bonds. The molecule has 0 spiro atoms. The highest BCUT2D eigenvalue weighted by molar-refractivity contribution is 5.95. The van der Waals surface area contributed by atoms with Crippen LogP contribution in [0.5, 0.6) is 0 Å².